The normalized spacial score (nSPS) is 11.2. The lowest BCUT2D eigenvalue weighted by Gasteiger charge is -2.03. The highest BCUT2D eigenvalue weighted by atomic mass is 32.2. The van der Waals surface area contributed by atoms with E-state index in [0.29, 0.717) is 24.4 Å². The minimum absolute atomic E-state index is 0.178. The van der Waals surface area contributed by atoms with E-state index in [1.54, 1.807) is 0 Å². The van der Waals surface area contributed by atoms with Crippen LogP contribution in [-0.4, -0.2) is 21.5 Å². The van der Waals surface area contributed by atoms with Gasteiger partial charge in [-0.15, -0.1) is 11.3 Å². The van der Waals surface area contributed by atoms with E-state index in [1.165, 1.54) is 12.1 Å². The Morgan fingerprint density at radius 3 is 2.75 bits per heavy atom. The molecule has 0 aliphatic carbocycles. The summed E-state index contributed by atoms with van der Waals surface area (Å²) in [6.07, 6.45) is 1.50. The number of rotatable bonds is 6. The Morgan fingerprint density at radius 2 is 2.19 bits per heavy atom. The van der Waals surface area contributed by atoms with Crippen molar-refractivity contribution in [1.82, 2.24) is 4.72 Å². The topological polar surface area (TPSA) is 96.0 Å². The van der Waals surface area contributed by atoms with E-state index in [4.69, 9.17) is 11.0 Å². The van der Waals surface area contributed by atoms with E-state index < -0.39 is 10.0 Å². The third kappa shape index (κ3) is 3.57. The van der Waals surface area contributed by atoms with Crippen LogP contribution < -0.4 is 10.5 Å². The van der Waals surface area contributed by atoms with E-state index in [2.05, 4.69) is 4.72 Å². The number of unbranched alkanes of at least 4 members (excludes halogenated alkanes) is 1. The average molecular weight is 259 g/mol. The fraction of sp³-hybridized carbons (Fsp3) is 0.444. The van der Waals surface area contributed by atoms with E-state index in [-0.39, 0.29) is 4.21 Å². The summed E-state index contributed by atoms with van der Waals surface area (Å²) >= 11 is 0.967. The first-order valence-corrected chi connectivity index (χ1v) is 7.10. The van der Waals surface area contributed by atoms with Crippen molar-refractivity contribution in [3.63, 3.8) is 0 Å². The van der Waals surface area contributed by atoms with Crippen molar-refractivity contribution in [2.45, 2.75) is 17.1 Å². The van der Waals surface area contributed by atoms with Crippen molar-refractivity contribution in [2.75, 3.05) is 13.1 Å². The minimum atomic E-state index is -3.45. The number of nitrogens with one attached hydrogen (secondary N) is 1. The third-order valence-electron chi connectivity index (χ3n) is 1.88. The molecule has 3 N–H and O–H groups in total. The van der Waals surface area contributed by atoms with Crippen LogP contribution in [0, 0.1) is 11.3 Å². The Bertz CT molecular complexity index is 473. The molecule has 7 heteroatoms. The molecule has 0 saturated heterocycles. The second kappa shape index (κ2) is 5.96. The fourth-order valence-electron chi connectivity index (χ4n) is 1.07. The maximum atomic E-state index is 11.7. The molecule has 0 saturated carbocycles. The molecular formula is C9H13N3O2S2. The first-order valence-electron chi connectivity index (χ1n) is 4.80. The van der Waals surface area contributed by atoms with E-state index in [1.807, 2.05) is 6.07 Å². The van der Waals surface area contributed by atoms with Crippen molar-refractivity contribution >= 4 is 21.4 Å². The van der Waals surface area contributed by atoms with Gasteiger partial charge in [0.1, 0.15) is 15.2 Å². The first-order chi connectivity index (χ1) is 7.60. The molecule has 0 aliphatic rings. The van der Waals surface area contributed by atoms with Crippen molar-refractivity contribution in [3.8, 4) is 6.07 Å². The molecule has 0 bridgehead atoms. The van der Waals surface area contributed by atoms with Gasteiger partial charge in [-0.25, -0.2) is 13.1 Å². The molecule has 88 valence electrons. The van der Waals surface area contributed by atoms with Crippen molar-refractivity contribution in [3.05, 3.63) is 17.0 Å². The molecule has 5 nitrogen and oxygen atoms in total. The summed E-state index contributed by atoms with van der Waals surface area (Å²) in [6, 6.07) is 4.84. The molecular weight excluding hydrogens is 246 g/mol. The van der Waals surface area contributed by atoms with Gasteiger partial charge in [-0.05, 0) is 31.5 Å². The summed E-state index contributed by atoms with van der Waals surface area (Å²) in [6.45, 7) is 0.929. The highest BCUT2D eigenvalue weighted by Gasteiger charge is 2.15. The molecule has 1 heterocycles. The van der Waals surface area contributed by atoms with Gasteiger partial charge in [-0.1, -0.05) is 0 Å². The van der Waals surface area contributed by atoms with E-state index in [9.17, 15) is 8.42 Å². The minimum Gasteiger partial charge on any atom is -0.330 e. The fourth-order valence-corrected chi connectivity index (χ4v) is 3.29. The van der Waals surface area contributed by atoms with Crippen LogP contribution in [-0.2, 0) is 10.0 Å². The largest absolute Gasteiger partial charge is 0.330 e. The lowest BCUT2D eigenvalue weighted by molar-refractivity contribution is 0.579. The zero-order valence-corrected chi connectivity index (χ0v) is 10.3. The lowest BCUT2D eigenvalue weighted by atomic mass is 10.3. The maximum absolute atomic E-state index is 11.7. The summed E-state index contributed by atoms with van der Waals surface area (Å²) in [4.78, 5) is 0.391. The molecule has 0 atom stereocenters. The number of sulfonamides is 1. The Labute approximate surface area is 98.9 Å². The second-order valence-electron chi connectivity index (χ2n) is 3.12. The van der Waals surface area contributed by atoms with Crippen molar-refractivity contribution < 1.29 is 8.42 Å². The smallest absolute Gasteiger partial charge is 0.250 e. The predicted octanol–water partition coefficient (Wildman–Crippen LogP) is 0.637. The molecule has 1 aromatic heterocycles. The van der Waals surface area contributed by atoms with Gasteiger partial charge in [-0.3, -0.25) is 0 Å². The summed E-state index contributed by atoms with van der Waals surface area (Å²) < 4.78 is 26.0. The predicted molar refractivity (Wildman–Crippen MR) is 62.5 cm³/mol. The maximum Gasteiger partial charge on any atom is 0.250 e. The van der Waals surface area contributed by atoms with Gasteiger partial charge in [0.25, 0.3) is 0 Å². The molecule has 0 fully saturated rings. The molecule has 1 aromatic rings. The second-order valence-corrected chi connectivity index (χ2v) is 6.20. The van der Waals surface area contributed by atoms with E-state index >= 15 is 0 Å². The number of hydrogen-bond donors (Lipinski definition) is 2. The Hall–Kier alpha value is -0.940. The van der Waals surface area contributed by atoms with Crippen molar-refractivity contribution in [1.29, 1.82) is 5.26 Å². The number of nitrogens with two attached hydrogens (primary N) is 1. The quantitative estimate of drug-likeness (QED) is 0.733. The Morgan fingerprint density at radius 1 is 1.44 bits per heavy atom. The van der Waals surface area contributed by atoms with Crippen LogP contribution in [0.1, 0.15) is 17.7 Å². The van der Waals surface area contributed by atoms with Gasteiger partial charge in [0.05, 0.1) is 0 Å². The molecule has 1 rings (SSSR count). The van der Waals surface area contributed by atoms with Gasteiger partial charge in [0.15, 0.2) is 0 Å². The lowest BCUT2D eigenvalue weighted by Crippen LogP contribution is -2.24. The molecule has 0 amide bonds. The molecule has 16 heavy (non-hydrogen) atoms. The molecule has 0 spiro atoms. The summed E-state index contributed by atoms with van der Waals surface area (Å²) in [5.74, 6) is 0. The van der Waals surface area contributed by atoms with Crippen molar-refractivity contribution in [2.24, 2.45) is 5.73 Å². The van der Waals surface area contributed by atoms with Gasteiger partial charge in [0, 0.05) is 6.54 Å². The molecule has 0 aromatic carbocycles. The number of thiophene rings is 1. The van der Waals surface area contributed by atoms with Crippen LogP contribution in [0.5, 0.6) is 0 Å². The monoisotopic (exact) mass is 259 g/mol. The zero-order valence-electron chi connectivity index (χ0n) is 8.64. The molecule has 0 unspecified atom stereocenters. The van der Waals surface area contributed by atoms with E-state index in [0.717, 1.165) is 17.8 Å². The summed E-state index contributed by atoms with van der Waals surface area (Å²) in [7, 11) is -3.45. The van der Waals surface area contributed by atoms with Gasteiger partial charge >= 0.3 is 0 Å². The average Bonchev–Trinajstić information content (AvgIpc) is 2.73. The zero-order chi connectivity index (χ0) is 12.0. The Balaban J connectivity index is 2.61. The highest BCUT2D eigenvalue weighted by Crippen LogP contribution is 2.20. The number of hydrogen-bond acceptors (Lipinski definition) is 5. The van der Waals surface area contributed by atoms with Crippen LogP contribution in [0.25, 0.3) is 0 Å². The van der Waals surface area contributed by atoms with Crippen LogP contribution in [0.3, 0.4) is 0 Å². The van der Waals surface area contributed by atoms with Gasteiger partial charge in [0.2, 0.25) is 10.0 Å². The van der Waals surface area contributed by atoms with Gasteiger partial charge < -0.3 is 5.73 Å². The summed E-state index contributed by atoms with van der Waals surface area (Å²) in [5.41, 5.74) is 5.30. The third-order valence-corrected chi connectivity index (χ3v) is 4.82. The van der Waals surface area contributed by atoms with Gasteiger partial charge in [-0.2, -0.15) is 5.26 Å². The summed E-state index contributed by atoms with van der Waals surface area (Å²) in [5, 5.41) is 8.59. The SMILES string of the molecule is N#Cc1ccc(S(=O)(=O)NCCCCN)s1. The highest BCUT2D eigenvalue weighted by molar-refractivity contribution is 7.91. The molecule has 0 aliphatic heterocycles. The van der Waals surface area contributed by atoms with Crippen LogP contribution in [0.4, 0.5) is 0 Å². The standard InChI is InChI=1S/C9H13N3O2S2/c10-5-1-2-6-12-16(13,14)9-4-3-8(7-11)15-9/h3-4,12H,1-2,5-6,10H2. The van der Waals surface area contributed by atoms with Crippen LogP contribution in [0.15, 0.2) is 16.3 Å². The number of nitriles is 1. The molecule has 0 radical (unpaired) electrons. The van der Waals surface area contributed by atoms with Crippen LogP contribution >= 0.6 is 11.3 Å². The Kier molecular flexibility index (Phi) is 4.89. The first kappa shape index (κ1) is 13.1. The number of nitrogens with zero attached hydrogens (tertiary/aromatic N) is 1. The van der Waals surface area contributed by atoms with Crippen LogP contribution in [0.2, 0.25) is 0 Å².